The van der Waals surface area contributed by atoms with Crippen molar-refractivity contribution in [1.29, 1.82) is 0 Å². The molecule has 1 aromatic heterocycles. The number of oxazole rings is 1. The van der Waals surface area contributed by atoms with E-state index in [0.717, 1.165) is 12.1 Å². The minimum absolute atomic E-state index is 0.418. The second-order valence-corrected chi connectivity index (χ2v) is 2.81. The Labute approximate surface area is 71.7 Å². The summed E-state index contributed by atoms with van der Waals surface area (Å²) >= 11 is 7.60. The van der Waals surface area contributed by atoms with E-state index in [1.807, 2.05) is 29.5 Å². The lowest BCUT2D eigenvalue weighted by molar-refractivity contribution is 0.526. The fourth-order valence-electron chi connectivity index (χ4n) is 0.524. The van der Waals surface area contributed by atoms with Gasteiger partial charge in [0.2, 0.25) is 5.22 Å². The number of aromatic nitrogens is 1. The van der Waals surface area contributed by atoms with Crippen LogP contribution in [0.25, 0.3) is 0 Å². The molecule has 0 N–H and O–H groups in total. The largest absolute Gasteiger partial charge is 0.420 e. The summed E-state index contributed by atoms with van der Waals surface area (Å²) in [5.41, 5.74) is 0.834. The number of halogens is 2. The summed E-state index contributed by atoms with van der Waals surface area (Å²) in [5.74, 6) is 0. The summed E-state index contributed by atoms with van der Waals surface area (Å²) in [6.07, 6.45) is 0.825. The van der Waals surface area contributed by atoms with Gasteiger partial charge in [0.1, 0.15) is 0 Å². The van der Waals surface area contributed by atoms with Gasteiger partial charge in [0, 0.05) is 22.6 Å². The molecule has 0 fully saturated rings. The second-order valence-electron chi connectivity index (χ2n) is 1.54. The van der Waals surface area contributed by atoms with Crippen LogP contribution < -0.4 is 0 Å². The predicted octanol–water partition coefficient (Wildman–Crippen LogP) is 2.50. The molecule has 0 saturated carbocycles. The molecule has 50 valence electrons. The summed E-state index contributed by atoms with van der Waals surface area (Å²) in [6, 6.07) is 0. The third-order valence-electron chi connectivity index (χ3n) is 0.958. The highest BCUT2D eigenvalue weighted by molar-refractivity contribution is 14.1. The molecule has 0 amide bonds. The van der Waals surface area contributed by atoms with Gasteiger partial charge in [-0.25, -0.2) is 4.98 Å². The van der Waals surface area contributed by atoms with Crippen LogP contribution in [0.1, 0.15) is 12.6 Å². The van der Waals surface area contributed by atoms with Crippen LogP contribution in [0, 0.1) is 3.90 Å². The SMILES string of the molecule is CCc1nc(I)oc1Cl. The first kappa shape index (κ1) is 7.34. The fourth-order valence-corrected chi connectivity index (χ4v) is 1.41. The Morgan fingerprint density at radius 2 is 2.44 bits per heavy atom. The first-order valence-corrected chi connectivity index (χ1v) is 4.00. The smallest absolute Gasteiger partial charge is 0.258 e. The van der Waals surface area contributed by atoms with Crippen molar-refractivity contribution < 1.29 is 4.42 Å². The fraction of sp³-hybridized carbons (Fsp3) is 0.400. The van der Waals surface area contributed by atoms with E-state index in [0.29, 0.717) is 9.12 Å². The van der Waals surface area contributed by atoms with Gasteiger partial charge in [-0.15, -0.1) is 0 Å². The molecular weight excluding hydrogens is 252 g/mol. The standard InChI is InChI=1S/C5H5ClINO/c1-2-3-4(6)9-5(7)8-3/h2H2,1H3. The Morgan fingerprint density at radius 3 is 2.67 bits per heavy atom. The zero-order chi connectivity index (χ0) is 6.85. The van der Waals surface area contributed by atoms with Gasteiger partial charge in [0.25, 0.3) is 3.90 Å². The van der Waals surface area contributed by atoms with Crippen molar-refractivity contribution in [2.24, 2.45) is 0 Å². The van der Waals surface area contributed by atoms with Gasteiger partial charge in [0.05, 0.1) is 5.69 Å². The average molecular weight is 257 g/mol. The van der Waals surface area contributed by atoms with Crippen molar-refractivity contribution >= 4 is 34.2 Å². The van der Waals surface area contributed by atoms with Crippen LogP contribution in [0.5, 0.6) is 0 Å². The van der Waals surface area contributed by atoms with Gasteiger partial charge in [-0.1, -0.05) is 6.92 Å². The maximum absolute atomic E-state index is 5.61. The van der Waals surface area contributed by atoms with E-state index in [-0.39, 0.29) is 0 Å². The van der Waals surface area contributed by atoms with Gasteiger partial charge in [-0.3, -0.25) is 0 Å². The molecule has 0 aliphatic rings. The van der Waals surface area contributed by atoms with Crippen molar-refractivity contribution in [2.75, 3.05) is 0 Å². The van der Waals surface area contributed by atoms with E-state index < -0.39 is 0 Å². The molecule has 4 heteroatoms. The molecule has 0 aliphatic carbocycles. The molecule has 1 aromatic rings. The zero-order valence-corrected chi connectivity index (χ0v) is 7.73. The molecule has 9 heavy (non-hydrogen) atoms. The van der Waals surface area contributed by atoms with Gasteiger partial charge >= 0.3 is 0 Å². The minimum atomic E-state index is 0.418. The third kappa shape index (κ3) is 1.58. The highest BCUT2D eigenvalue weighted by atomic mass is 127. The van der Waals surface area contributed by atoms with Crippen molar-refractivity contribution in [2.45, 2.75) is 13.3 Å². The summed E-state index contributed by atoms with van der Waals surface area (Å²) in [5, 5.41) is 0.418. The minimum Gasteiger partial charge on any atom is -0.420 e. The summed E-state index contributed by atoms with van der Waals surface area (Å²) < 4.78 is 5.55. The van der Waals surface area contributed by atoms with Crippen LogP contribution in [0.15, 0.2) is 4.42 Å². The topological polar surface area (TPSA) is 26.0 Å². The van der Waals surface area contributed by atoms with Gasteiger partial charge in [-0.05, 0) is 18.0 Å². The molecule has 0 radical (unpaired) electrons. The first-order chi connectivity index (χ1) is 4.24. The van der Waals surface area contributed by atoms with E-state index in [1.54, 1.807) is 0 Å². The summed E-state index contributed by atoms with van der Waals surface area (Å²) in [6.45, 7) is 1.99. The van der Waals surface area contributed by atoms with Crippen LogP contribution in [0.4, 0.5) is 0 Å². The molecule has 0 unspecified atom stereocenters. The Morgan fingerprint density at radius 1 is 1.78 bits per heavy atom. The molecular formula is C5H5ClINO. The highest BCUT2D eigenvalue weighted by Crippen LogP contribution is 2.18. The van der Waals surface area contributed by atoms with Crippen LogP contribution in [-0.4, -0.2) is 4.98 Å². The number of hydrogen-bond donors (Lipinski definition) is 0. The van der Waals surface area contributed by atoms with E-state index in [2.05, 4.69) is 4.98 Å². The summed E-state index contributed by atoms with van der Waals surface area (Å²) in [4.78, 5) is 4.02. The van der Waals surface area contributed by atoms with Crippen LogP contribution in [0.2, 0.25) is 5.22 Å². The lowest BCUT2D eigenvalue weighted by atomic mass is 10.4. The van der Waals surface area contributed by atoms with Crippen molar-refractivity contribution in [1.82, 2.24) is 4.98 Å². The molecule has 1 rings (SSSR count). The monoisotopic (exact) mass is 257 g/mol. The Balaban J connectivity index is 3.01. The lowest BCUT2D eigenvalue weighted by Crippen LogP contribution is -1.78. The number of nitrogens with zero attached hydrogens (tertiary/aromatic N) is 1. The van der Waals surface area contributed by atoms with E-state index >= 15 is 0 Å². The van der Waals surface area contributed by atoms with E-state index in [1.165, 1.54) is 0 Å². The number of hydrogen-bond acceptors (Lipinski definition) is 2. The van der Waals surface area contributed by atoms with Crippen LogP contribution >= 0.6 is 34.2 Å². The van der Waals surface area contributed by atoms with Crippen molar-refractivity contribution in [3.63, 3.8) is 0 Å². The van der Waals surface area contributed by atoms with E-state index in [4.69, 9.17) is 16.0 Å². The second kappa shape index (κ2) is 2.88. The number of aryl methyl sites for hydroxylation is 1. The molecule has 0 aromatic carbocycles. The molecule has 0 atom stereocenters. The zero-order valence-electron chi connectivity index (χ0n) is 4.82. The lowest BCUT2D eigenvalue weighted by Gasteiger charge is -1.81. The Hall–Kier alpha value is 0.230. The maximum Gasteiger partial charge on any atom is 0.258 e. The molecule has 0 aliphatic heterocycles. The number of rotatable bonds is 1. The molecule has 0 bridgehead atoms. The predicted molar refractivity (Wildman–Crippen MR) is 43.6 cm³/mol. The van der Waals surface area contributed by atoms with Crippen LogP contribution in [-0.2, 0) is 6.42 Å². The van der Waals surface area contributed by atoms with Crippen molar-refractivity contribution in [3.8, 4) is 0 Å². The highest BCUT2D eigenvalue weighted by Gasteiger charge is 2.05. The first-order valence-electron chi connectivity index (χ1n) is 2.54. The van der Waals surface area contributed by atoms with Gasteiger partial charge in [0.15, 0.2) is 0 Å². The average Bonchev–Trinajstić information content (AvgIpc) is 2.10. The molecule has 0 saturated heterocycles. The molecule has 0 spiro atoms. The molecule has 2 nitrogen and oxygen atoms in total. The Bertz CT molecular complexity index is 211. The van der Waals surface area contributed by atoms with Gasteiger partial charge in [-0.2, -0.15) is 0 Å². The Kier molecular flexibility index (Phi) is 2.35. The van der Waals surface area contributed by atoms with Gasteiger partial charge < -0.3 is 4.42 Å². The van der Waals surface area contributed by atoms with Crippen molar-refractivity contribution in [3.05, 3.63) is 14.8 Å². The van der Waals surface area contributed by atoms with E-state index in [9.17, 15) is 0 Å². The van der Waals surface area contributed by atoms with Crippen LogP contribution in [0.3, 0.4) is 0 Å². The normalized spacial score (nSPS) is 10.1. The molecule has 1 heterocycles. The quantitative estimate of drug-likeness (QED) is 0.723. The maximum atomic E-state index is 5.61. The summed E-state index contributed by atoms with van der Waals surface area (Å²) in [7, 11) is 0. The third-order valence-corrected chi connectivity index (χ3v) is 1.72.